The molecule has 1 aromatic carbocycles. The summed E-state index contributed by atoms with van der Waals surface area (Å²) in [5.41, 5.74) is 7.19. The van der Waals surface area contributed by atoms with Gasteiger partial charge in [0, 0.05) is 18.7 Å². The number of hydrogen-bond acceptors (Lipinski definition) is 2. The third-order valence-corrected chi connectivity index (χ3v) is 2.59. The maximum atomic E-state index is 13.8. The lowest BCUT2D eigenvalue weighted by Gasteiger charge is -2.11. The summed E-state index contributed by atoms with van der Waals surface area (Å²) in [5.74, 6) is 0.209. The van der Waals surface area contributed by atoms with E-state index in [1.165, 1.54) is 6.07 Å². The standard InChI is InChI=1S/C14H23FN4.HI/c1-4-7-17-14(16)18-9-11-5-6-12(10-19(2)3)13(15)8-11;/h5-6,8H,4,7,9-10H2,1-3H3,(H3,16,17,18);1H. The molecule has 0 bridgehead atoms. The van der Waals surface area contributed by atoms with Gasteiger partial charge in [-0.1, -0.05) is 19.1 Å². The van der Waals surface area contributed by atoms with Gasteiger partial charge in [0.2, 0.25) is 0 Å². The summed E-state index contributed by atoms with van der Waals surface area (Å²) < 4.78 is 13.8. The molecule has 1 rings (SSSR count). The Balaban J connectivity index is 0.00000361. The summed E-state index contributed by atoms with van der Waals surface area (Å²) in [6, 6.07) is 5.21. The topological polar surface area (TPSA) is 53.6 Å². The zero-order valence-corrected chi connectivity index (χ0v) is 14.6. The minimum absolute atomic E-state index is 0. The minimum atomic E-state index is -0.193. The molecule has 0 heterocycles. The van der Waals surface area contributed by atoms with E-state index in [0.29, 0.717) is 24.6 Å². The van der Waals surface area contributed by atoms with E-state index >= 15 is 0 Å². The third kappa shape index (κ3) is 7.04. The van der Waals surface area contributed by atoms with Crippen molar-refractivity contribution >= 4 is 29.9 Å². The average Bonchev–Trinajstić information content (AvgIpc) is 2.36. The van der Waals surface area contributed by atoms with Gasteiger partial charge in [0.15, 0.2) is 5.96 Å². The van der Waals surface area contributed by atoms with E-state index in [9.17, 15) is 4.39 Å². The van der Waals surface area contributed by atoms with Crippen molar-refractivity contribution in [2.45, 2.75) is 26.4 Å². The number of nitrogens with zero attached hydrogens (tertiary/aromatic N) is 2. The van der Waals surface area contributed by atoms with Gasteiger partial charge in [-0.25, -0.2) is 9.38 Å². The Kier molecular flexibility index (Phi) is 9.49. The maximum Gasteiger partial charge on any atom is 0.188 e. The van der Waals surface area contributed by atoms with Crippen molar-refractivity contribution in [3.8, 4) is 0 Å². The molecule has 114 valence electrons. The molecule has 0 radical (unpaired) electrons. The summed E-state index contributed by atoms with van der Waals surface area (Å²) in [7, 11) is 3.83. The highest BCUT2D eigenvalue weighted by molar-refractivity contribution is 14.0. The van der Waals surface area contributed by atoms with Gasteiger partial charge in [0.05, 0.1) is 6.54 Å². The van der Waals surface area contributed by atoms with Crippen molar-refractivity contribution in [1.82, 2.24) is 10.2 Å². The number of hydrogen-bond donors (Lipinski definition) is 2. The molecule has 0 atom stereocenters. The Bertz CT molecular complexity index is 435. The predicted octanol–water partition coefficient (Wildman–Crippen LogP) is 2.32. The Morgan fingerprint density at radius 3 is 2.65 bits per heavy atom. The lowest BCUT2D eigenvalue weighted by atomic mass is 10.1. The Labute approximate surface area is 137 Å². The maximum absolute atomic E-state index is 13.8. The van der Waals surface area contributed by atoms with E-state index in [-0.39, 0.29) is 29.8 Å². The van der Waals surface area contributed by atoms with Crippen molar-refractivity contribution in [2.75, 3.05) is 20.6 Å². The zero-order chi connectivity index (χ0) is 14.3. The van der Waals surface area contributed by atoms with Gasteiger partial charge in [-0.05, 0) is 32.1 Å². The number of rotatable bonds is 6. The highest BCUT2D eigenvalue weighted by atomic mass is 127. The predicted molar refractivity (Wildman–Crippen MR) is 92.8 cm³/mol. The molecule has 4 nitrogen and oxygen atoms in total. The molecule has 0 unspecified atom stereocenters. The van der Waals surface area contributed by atoms with Crippen LogP contribution in [0.1, 0.15) is 24.5 Å². The summed E-state index contributed by atoms with van der Waals surface area (Å²) in [5, 5.41) is 2.98. The normalized spacial score (nSPS) is 11.3. The van der Waals surface area contributed by atoms with Crippen LogP contribution in [-0.4, -0.2) is 31.5 Å². The third-order valence-electron chi connectivity index (χ3n) is 2.59. The minimum Gasteiger partial charge on any atom is -0.370 e. The van der Waals surface area contributed by atoms with Gasteiger partial charge in [0.1, 0.15) is 5.82 Å². The number of nitrogens with one attached hydrogen (secondary N) is 1. The van der Waals surface area contributed by atoms with Crippen LogP contribution in [0.25, 0.3) is 0 Å². The molecule has 1 aromatic rings. The van der Waals surface area contributed by atoms with Gasteiger partial charge >= 0.3 is 0 Å². The molecule has 20 heavy (non-hydrogen) atoms. The summed E-state index contributed by atoms with van der Waals surface area (Å²) >= 11 is 0. The monoisotopic (exact) mass is 394 g/mol. The molecule has 0 aromatic heterocycles. The second-order valence-electron chi connectivity index (χ2n) is 4.79. The Morgan fingerprint density at radius 2 is 2.10 bits per heavy atom. The molecule has 0 saturated carbocycles. The molecular weight excluding hydrogens is 370 g/mol. The van der Waals surface area contributed by atoms with Crippen molar-refractivity contribution in [2.24, 2.45) is 10.7 Å². The molecule has 6 heteroatoms. The van der Waals surface area contributed by atoms with Crippen LogP contribution < -0.4 is 11.1 Å². The van der Waals surface area contributed by atoms with E-state index in [1.807, 2.05) is 25.1 Å². The van der Waals surface area contributed by atoms with Crippen molar-refractivity contribution in [3.63, 3.8) is 0 Å². The number of benzene rings is 1. The first kappa shape index (κ1) is 19.1. The van der Waals surface area contributed by atoms with Crippen molar-refractivity contribution < 1.29 is 4.39 Å². The largest absolute Gasteiger partial charge is 0.370 e. The second-order valence-corrected chi connectivity index (χ2v) is 4.79. The molecular formula is C14H24FIN4. The molecule has 0 aliphatic rings. The smallest absolute Gasteiger partial charge is 0.188 e. The summed E-state index contributed by atoms with van der Waals surface area (Å²) in [6.07, 6.45) is 0.990. The molecule has 0 aliphatic carbocycles. The molecule has 0 spiro atoms. The van der Waals surface area contributed by atoms with Crippen LogP contribution in [0.5, 0.6) is 0 Å². The SMILES string of the molecule is CCCNC(N)=NCc1ccc(CN(C)C)c(F)c1.I. The van der Waals surface area contributed by atoms with Gasteiger partial charge in [0.25, 0.3) is 0 Å². The van der Waals surface area contributed by atoms with Crippen LogP contribution in [-0.2, 0) is 13.1 Å². The van der Waals surface area contributed by atoms with E-state index in [1.54, 1.807) is 6.07 Å². The van der Waals surface area contributed by atoms with Crippen LogP contribution in [0, 0.1) is 5.82 Å². The quantitative estimate of drug-likeness (QED) is 0.443. The lowest BCUT2D eigenvalue weighted by Crippen LogP contribution is -2.32. The van der Waals surface area contributed by atoms with Crippen LogP contribution in [0.2, 0.25) is 0 Å². The molecule has 0 aliphatic heterocycles. The second kappa shape index (κ2) is 9.93. The van der Waals surface area contributed by atoms with Gasteiger partial charge in [-0.2, -0.15) is 0 Å². The average molecular weight is 394 g/mol. The number of halogens is 2. The fourth-order valence-electron chi connectivity index (χ4n) is 1.64. The van der Waals surface area contributed by atoms with E-state index in [4.69, 9.17) is 5.73 Å². The van der Waals surface area contributed by atoms with E-state index < -0.39 is 0 Å². The number of nitrogens with two attached hydrogens (primary N) is 1. The first-order valence-corrected chi connectivity index (χ1v) is 6.48. The fourth-order valence-corrected chi connectivity index (χ4v) is 1.64. The first-order valence-electron chi connectivity index (χ1n) is 6.48. The number of guanidine groups is 1. The molecule has 0 amide bonds. The molecule has 3 N–H and O–H groups in total. The summed E-state index contributed by atoms with van der Waals surface area (Å²) in [6.45, 7) is 3.84. The summed E-state index contributed by atoms with van der Waals surface area (Å²) in [4.78, 5) is 6.10. The zero-order valence-electron chi connectivity index (χ0n) is 12.3. The molecule has 0 fully saturated rings. The van der Waals surface area contributed by atoms with Crippen LogP contribution in [0.15, 0.2) is 23.2 Å². The van der Waals surface area contributed by atoms with Crippen LogP contribution >= 0.6 is 24.0 Å². The van der Waals surface area contributed by atoms with Gasteiger partial charge in [-0.15, -0.1) is 24.0 Å². The van der Waals surface area contributed by atoms with Crippen LogP contribution in [0.3, 0.4) is 0 Å². The van der Waals surface area contributed by atoms with Crippen molar-refractivity contribution in [3.05, 3.63) is 35.1 Å². The number of aliphatic imine (C=N–C) groups is 1. The first-order chi connectivity index (χ1) is 9.02. The van der Waals surface area contributed by atoms with Gasteiger partial charge < -0.3 is 16.0 Å². The van der Waals surface area contributed by atoms with Crippen molar-refractivity contribution in [1.29, 1.82) is 0 Å². The van der Waals surface area contributed by atoms with Crippen LogP contribution in [0.4, 0.5) is 4.39 Å². The van der Waals surface area contributed by atoms with E-state index in [2.05, 4.69) is 17.2 Å². The fraction of sp³-hybridized carbons (Fsp3) is 0.500. The lowest BCUT2D eigenvalue weighted by molar-refractivity contribution is 0.392. The molecule has 0 saturated heterocycles. The Hall–Kier alpha value is -0.890. The highest BCUT2D eigenvalue weighted by Crippen LogP contribution is 2.12. The Morgan fingerprint density at radius 1 is 1.40 bits per heavy atom. The van der Waals surface area contributed by atoms with Gasteiger partial charge in [-0.3, -0.25) is 0 Å². The van der Waals surface area contributed by atoms with E-state index in [0.717, 1.165) is 18.5 Å². The highest BCUT2D eigenvalue weighted by Gasteiger charge is 2.04.